The first kappa shape index (κ1) is 17.4. The van der Waals surface area contributed by atoms with Gasteiger partial charge in [-0.2, -0.15) is 5.10 Å². The number of anilines is 1. The highest BCUT2D eigenvalue weighted by Crippen LogP contribution is 2.37. The fourth-order valence-electron chi connectivity index (χ4n) is 2.74. The number of fused-ring (bicyclic) bond motifs is 1. The number of carbonyl (C=O) groups is 1. The average Bonchev–Trinajstić information content (AvgIpc) is 3.07. The molecule has 0 saturated carbocycles. The largest absolute Gasteiger partial charge is 0.490 e. The molecule has 3 aromatic rings. The van der Waals surface area contributed by atoms with Crippen molar-refractivity contribution in [3.63, 3.8) is 0 Å². The van der Waals surface area contributed by atoms with Crippen molar-refractivity contribution in [1.82, 2.24) is 14.8 Å². The molecule has 0 saturated heterocycles. The molecule has 1 aromatic heterocycles. The zero-order chi connectivity index (χ0) is 18.6. The summed E-state index contributed by atoms with van der Waals surface area (Å²) in [5.41, 5.74) is 2.03. The van der Waals surface area contributed by atoms with Gasteiger partial charge in [-0.1, -0.05) is 23.7 Å². The molecule has 7 nitrogen and oxygen atoms in total. The van der Waals surface area contributed by atoms with E-state index in [-0.39, 0.29) is 5.91 Å². The Morgan fingerprint density at radius 3 is 2.59 bits per heavy atom. The van der Waals surface area contributed by atoms with Gasteiger partial charge in [0.15, 0.2) is 11.5 Å². The van der Waals surface area contributed by atoms with Gasteiger partial charge in [0, 0.05) is 24.1 Å². The second-order valence-corrected chi connectivity index (χ2v) is 6.48. The maximum Gasteiger partial charge on any atom is 0.255 e. The molecule has 0 aliphatic carbocycles. The molecule has 1 amide bonds. The lowest BCUT2D eigenvalue weighted by Crippen LogP contribution is -2.12. The topological polar surface area (TPSA) is 78.3 Å². The molecule has 27 heavy (non-hydrogen) atoms. The predicted octanol–water partition coefficient (Wildman–Crippen LogP) is 3.39. The van der Waals surface area contributed by atoms with Crippen LogP contribution in [0, 0.1) is 0 Å². The van der Waals surface area contributed by atoms with Gasteiger partial charge in [0.2, 0.25) is 0 Å². The molecule has 1 N–H and O–H groups in total. The van der Waals surface area contributed by atoms with E-state index in [1.807, 2.05) is 12.1 Å². The zero-order valence-electron chi connectivity index (χ0n) is 14.4. The molecule has 2 aromatic carbocycles. The number of nitrogens with one attached hydrogen (secondary N) is 1. The minimum Gasteiger partial charge on any atom is -0.490 e. The quantitative estimate of drug-likeness (QED) is 0.746. The summed E-state index contributed by atoms with van der Waals surface area (Å²) in [7, 11) is 0. The lowest BCUT2D eigenvalue weighted by Gasteiger charge is -2.12. The molecule has 1 aliphatic rings. The Bertz CT molecular complexity index is 942. The van der Waals surface area contributed by atoms with Gasteiger partial charge in [0.05, 0.1) is 30.5 Å². The van der Waals surface area contributed by atoms with Gasteiger partial charge in [-0.05, 0) is 17.7 Å². The molecular weight excluding hydrogens is 368 g/mol. The highest BCUT2D eigenvalue weighted by Gasteiger charge is 2.16. The zero-order valence-corrected chi connectivity index (χ0v) is 15.1. The Balaban J connectivity index is 1.48. The minimum absolute atomic E-state index is 0.251. The molecule has 1 aliphatic heterocycles. The Kier molecular flexibility index (Phi) is 4.93. The van der Waals surface area contributed by atoms with Crippen LogP contribution in [0.15, 0.2) is 49.1 Å². The smallest absolute Gasteiger partial charge is 0.255 e. The summed E-state index contributed by atoms with van der Waals surface area (Å²) in [6.07, 6.45) is 3.93. The van der Waals surface area contributed by atoms with E-state index in [0.29, 0.717) is 47.5 Å². The average molecular weight is 385 g/mol. The fraction of sp³-hybridized carbons (Fsp3) is 0.211. The van der Waals surface area contributed by atoms with E-state index in [9.17, 15) is 4.79 Å². The van der Waals surface area contributed by atoms with Crippen LogP contribution in [0.4, 0.5) is 5.69 Å². The SMILES string of the molecule is O=C(Nc1cc2c(cc1Cl)OCCCO2)c1ccc(Cn2cncn2)cc1. The molecule has 2 heterocycles. The Morgan fingerprint density at radius 2 is 1.89 bits per heavy atom. The van der Waals surface area contributed by atoms with Gasteiger partial charge in [0.1, 0.15) is 12.7 Å². The highest BCUT2D eigenvalue weighted by molar-refractivity contribution is 6.34. The van der Waals surface area contributed by atoms with Gasteiger partial charge < -0.3 is 14.8 Å². The number of hydrogen-bond donors (Lipinski definition) is 1. The lowest BCUT2D eigenvalue weighted by atomic mass is 10.1. The van der Waals surface area contributed by atoms with Crippen molar-refractivity contribution in [2.45, 2.75) is 13.0 Å². The lowest BCUT2D eigenvalue weighted by molar-refractivity contribution is 0.102. The van der Waals surface area contributed by atoms with Crippen LogP contribution in [0.2, 0.25) is 5.02 Å². The first-order valence-electron chi connectivity index (χ1n) is 8.51. The van der Waals surface area contributed by atoms with Crippen molar-refractivity contribution >= 4 is 23.2 Å². The van der Waals surface area contributed by atoms with Gasteiger partial charge in [-0.15, -0.1) is 0 Å². The summed E-state index contributed by atoms with van der Waals surface area (Å²) in [6.45, 7) is 1.74. The molecule has 4 rings (SSSR count). The number of rotatable bonds is 4. The van der Waals surface area contributed by atoms with Crippen LogP contribution in [0.5, 0.6) is 11.5 Å². The molecule has 0 bridgehead atoms. The van der Waals surface area contributed by atoms with E-state index < -0.39 is 0 Å². The van der Waals surface area contributed by atoms with Crippen molar-refractivity contribution in [3.8, 4) is 11.5 Å². The Morgan fingerprint density at radius 1 is 1.15 bits per heavy atom. The third-order valence-corrected chi connectivity index (χ3v) is 4.43. The van der Waals surface area contributed by atoms with E-state index in [1.54, 1.807) is 35.3 Å². The number of ether oxygens (including phenoxy) is 2. The standard InChI is InChI=1S/C19H17ClN4O3/c20-15-8-17-18(27-7-1-6-26-17)9-16(15)23-19(25)14-4-2-13(3-5-14)10-24-12-21-11-22-24/h2-5,8-9,11-12H,1,6-7,10H2,(H,23,25). The van der Waals surface area contributed by atoms with Gasteiger partial charge >= 0.3 is 0 Å². The van der Waals surface area contributed by atoms with E-state index in [2.05, 4.69) is 15.4 Å². The number of halogens is 1. The van der Waals surface area contributed by atoms with Crippen molar-refractivity contribution < 1.29 is 14.3 Å². The molecule has 8 heteroatoms. The molecule has 0 fully saturated rings. The number of benzene rings is 2. The number of nitrogens with zero attached hydrogens (tertiary/aromatic N) is 3. The summed E-state index contributed by atoms with van der Waals surface area (Å²) in [6, 6.07) is 10.6. The third-order valence-electron chi connectivity index (χ3n) is 4.11. The Hall–Kier alpha value is -3.06. The molecule has 0 unspecified atom stereocenters. The van der Waals surface area contributed by atoms with Gasteiger partial charge in [0.25, 0.3) is 5.91 Å². The summed E-state index contributed by atoms with van der Waals surface area (Å²) in [5, 5.41) is 7.29. The number of carbonyl (C=O) groups excluding carboxylic acids is 1. The van der Waals surface area contributed by atoms with Crippen LogP contribution < -0.4 is 14.8 Å². The van der Waals surface area contributed by atoms with Crippen LogP contribution in [0.1, 0.15) is 22.3 Å². The van der Waals surface area contributed by atoms with Crippen LogP contribution in [-0.2, 0) is 6.54 Å². The summed E-state index contributed by atoms with van der Waals surface area (Å²) < 4.78 is 13.0. The maximum absolute atomic E-state index is 12.6. The van der Waals surface area contributed by atoms with Crippen molar-refractivity contribution in [2.75, 3.05) is 18.5 Å². The van der Waals surface area contributed by atoms with E-state index in [1.165, 1.54) is 6.33 Å². The van der Waals surface area contributed by atoms with Gasteiger partial charge in [-0.25, -0.2) is 9.67 Å². The molecule has 138 valence electrons. The van der Waals surface area contributed by atoms with Crippen LogP contribution in [0.3, 0.4) is 0 Å². The van der Waals surface area contributed by atoms with Crippen molar-refractivity contribution in [3.05, 3.63) is 65.2 Å². The summed E-state index contributed by atoms with van der Waals surface area (Å²) in [5.74, 6) is 0.919. The summed E-state index contributed by atoms with van der Waals surface area (Å²) in [4.78, 5) is 16.5. The van der Waals surface area contributed by atoms with Crippen LogP contribution >= 0.6 is 11.6 Å². The first-order chi connectivity index (χ1) is 13.2. The predicted molar refractivity (Wildman–Crippen MR) is 101 cm³/mol. The summed E-state index contributed by atoms with van der Waals surface area (Å²) >= 11 is 6.28. The number of hydrogen-bond acceptors (Lipinski definition) is 5. The number of aromatic nitrogens is 3. The van der Waals surface area contributed by atoms with Crippen LogP contribution in [-0.4, -0.2) is 33.9 Å². The first-order valence-corrected chi connectivity index (χ1v) is 8.89. The maximum atomic E-state index is 12.6. The van der Waals surface area contributed by atoms with E-state index >= 15 is 0 Å². The molecule has 0 spiro atoms. The fourth-order valence-corrected chi connectivity index (χ4v) is 2.94. The number of amides is 1. The second kappa shape index (κ2) is 7.67. The van der Waals surface area contributed by atoms with E-state index in [4.69, 9.17) is 21.1 Å². The molecule has 0 radical (unpaired) electrons. The molecular formula is C19H17ClN4O3. The Labute approximate surface area is 160 Å². The highest BCUT2D eigenvalue weighted by atomic mass is 35.5. The molecule has 0 atom stereocenters. The van der Waals surface area contributed by atoms with Gasteiger partial charge in [-0.3, -0.25) is 4.79 Å². The van der Waals surface area contributed by atoms with Crippen molar-refractivity contribution in [2.24, 2.45) is 0 Å². The van der Waals surface area contributed by atoms with Crippen molar-refractivity contribution in [1.29, 1.82) is 0 Å². The minimum atomic E-state index is -0.251. The van der Waals surface area contributed by atoms with E-state index in [0.717, 1.165) is 12.0 Å². The monoisotopic (exact) mass is 384 g/mol. The normalized spacial score (nSPS) is 13.1. The third kappa shape index (κ3) is 4.03. The second-order valence-electron chi connectivity index (χ2n) is 6.07. The van der Waals surface area contributed by atoms with Crippen LogP contribution in [0.25, 0.3) is 0 Å².